The molecule has 0 aliphatic carbocycles. The molecule has 0 radical (unpaired) electrons. The summed E-state index contributed by atoms with van der Waals surface area (Å²) >= 11 is 0. The Morgan fingerprint density at radius 3 is 1.67 bits per heavy atom. The first-order valence-corrected chi connectivity index (χ1v) is 15.1. The van der Waals surface area contributed by atoms with Crippen LogP contribution in [0.1, 0.15) is 5.56 Å². The Morgan fingerprint density at radius 1 is 0.457 bits per heavy atom. The summed E-state index contributed by atoms with van der Waals surface area (Å²) in [5.74, 6) is 1.69. The van der Waals surface area contributed by atoms with Crippen molar-refractivity contribution in [1.82, 2.24) is 24.1 Å². The van der Waals surface area contributed by atoms with Crippen molar-refractivity contribution in [3.8, 4) is 40.5 Å². The van der Waals surface area contributed by atoms with Crippen molar-refractivity contribution in [2.24, 2.45) is 0 Å². The van der Waals surface area contributed by atoms with Gasteiger partial charge in [0.1, 0.15) is 0 Å². The van der Waals surface area contributed by atoms with Gasteiger partial charge in [0.15, 0.2) is 11.6 Å². The zero-order valence-corrected chi connectivity index (χ0v) is 24.5. The summed E-state index contributed by atoms with van der Waals surface area (Å²) in [6.45, 7) is 0. The van der Waals surface area contributed by atoms with Crippen LogP contribution in [0.25, 0.3) is 78.0 Å². The molecule has 0 amide bonds. The Morgan fingerprint density at radius 2 is 1.00 bits per heavy atom. The second-order valence-electron chi connectivity index (χ2n) is 11.2. The minimum Gasteiger partial charge on any atom is -0.308 e. The fourth-order valence-corrected chi connectivity index (χ4v) is 6.60. The number of fused-ring (bicyclic) bond motifs is 6. The van der Waals surface area contributed by atoms with Crippen LogP contribution in [0, 0.1) is 11.3 Å². The van der Waals surface area contributed by atoms with Crippen molar-refractivity contribution in [2.45, 2.75) is 0 Å². The first kappa shape index (κ1) is 25.9. The van der Waals surface area contributed by atoms with Crippen LogP contribution in [-0.2, 0) is 0 Å². The van der Waals surface area contributed by atoms with Crippen LogP contribution in [0.2, 0.25) is 0 Å². The molecule has 3 heterocycles. The molecular formula is C40H24N6. The van der Waals surface area contributed by atoms with E-state index in [1.807, 2.05) is 84.9 Å². The SMILES string of the molecule is N#Cc1ccc2c3ccccc3n(-c3ccccc3-c3nc(-c4ccccc4)nc(-n4c5ccccc5c5ccccc54)n3)c2c1. The summed E-state index contributed by atoms with van der Waals surface area (Å²) in [5.41, 5.74) is 7.33. The number of para-hydroxylation sites is 4. The largest absolute Gasteiger partial charge is 0.308 e. The minimum atomic E-state index is 0.546. The molecule has 0 aliphatic heterocycles. The van der Waals surface area contributed by atoms with Gasteiger partial charge in [-0.2, -0.15) is 15.2 Å². The average Bonchev–Trinajstić information content (AvgIpc) is 3.64. The Hall–Kier alpha value is -6.58. The van der Waals surface area contributed by atoms with Gasteiger partial charge in [0.05, 0.1) is 39.4 Å². The lowest BCUT2D eigenvalue weighted by atomic mass is 10.1. The minimum absolute atomic E-state index is 0.546. The molecule has 0 unspecified atom stereocenters. The molecule has 9 aromatic rings. The number of aromatic nitrogens is 5. The van der Waals surface area contributed by atoms with Gasteiger partial charge >= 0.3 is 0 Å². The molecule has 0 aliphatic rings. The Labute approximate surface area is 264 Å². The highest BCUT2D eigenvalue weighted by Crippen LogP contribution is 2.37. The molecule has 0 fully saturated rings. The second kappa shape index (κ2) is 10.3. The van der Waals surface area contributed by atoms with Gasteiger partial charge in [0.2, 0.25) is 5.95 Å². The Kier molecular flexibility index (Phi) is 5.77. The van der Waals surface area contributed by atoms with Crippen molar-refractivity contribution in [3.63, 3.8) is 0 Å². The third kappa shape index (κ3) is 3.93. The molecule has 0 saturated carbocycles. The van der Waals surface area contributed by atoms with Crippen LogP contribution >= 0.6 is 0 Å². The molecule has 3 aromatic heterocycles. The van der Waals surface area contributed by atoms with E-state index in [0.29, 0.717) is 23.2 Å². The van der Waals surface area contributed by atoms with Crippen molar-refractivity contribution < 1.29 is 0 Å². The van der Waals surface area contributed by atoms with E-state index in [1.54, 1.807) is 0 Å². The van der Waals surface area contributed by atoms with Crippen molar-refractivity contribution in [1.29, 1.82) is 5.26 Å². The highest BCUT2D eigenvalue weighted by Gasteiger charge is 2.21. The second-order valence-corrected chi connectivity index (χ2v) is 11.2. The molecule has 0 saturated heterocycles. The van der Waals surface area contributed by atoms with E-state index >= 15 is 0 Å². The van der Waals surface area contributed by atoms with Gasteiger partial charge in [0, 0.05) is 32.7 Å². The van der Waals surface area contributed by atoms with Gasteiger partial charge in [-0.3, -0.25) is 4.57 Å². The normalized spacial score (nSPS) is 11.5. The van der Waals surface area contributed by atoms with Crippen LogP contribution in [0.5, 0.6) is 0 Å². The van der Waals surface area contributed by atoms with Gasteiger partial charge in [-0.25, -0.2) is 4.98 Å². The molecule has 6 heteroatoms. The molecule has 0 bridgehead atoms. The maximum Gasteiger partial charge on any atom is 0.238 e. The molecule has 0 atom stereocenters. The number of hydrogen-bond donors (Lipinski definition) is 0. The Balaban J connectivity index is 1.37. The third-order valence-electron chi connectivity index (χ3n) is 8.62. The molecule has 6 nitrogen and oxygen atoms in total. The van der Waals surface area contributed by atoms with Crippen LogP contribution in [0.4, 0.5) is 0 Å². The zero-order valence-electron chi connectivity index (χ0n) is 24.5. The summed E-state index contributed by atoms with van der Waals surface area (Å²) < 4.78 is 4.34. The average molecular weight is 589 g/mol. The molecule has 0 spiro atoms. The first-order chi connectivity index (χ1) is 22.8. The third-order valence-corrected chi connectivity index (χ3v) is 8.62. The quantitative estimate of drug-likeness (QED) is 0.205. The van der Waals surface area contributed by atoms with E-state index in [4.69, 9.17) is 15.0 Å². The summed E-state index contributed by atoms with van der Waals surface area (Å²) in [5, 5.41) is 14.3. The molecule has 9 rings (SSSR count). The summed E-state index contributed by atoms with van der Waals surface area (Å²) in [7, 11) is 0. The fourth-order valence-electron chi connectivity index (χ4n) is 6.60. The number of hydrogen-bond acceptors (Lipinski definition) is 4. The highest BCUT2D eigenvalue weighted by molar-refractivity contribution is 6.10. The number of benzene rings is 6. The van der Waals surface area contributed by atoms with Gasteiger partial charge in [-0.1, -0.05) is 103 Å². The summed E-state index contributed by atoms with van der Waals surface area (Å²) in [6, 6.07) is 51.5. The zero-order chi connectivity index (χ0) is 30.6. The standard InChI is InChI=1S/C40H24N6/c41-25-26-22-23-31-30-16-4-8-18-33(30)45(37(31)24-26)36-21-11-7-17-32(36)39-42-38(27-12-2-1-3-13-27)43-40(44-39)46-34-19-9-5-14-28(34)29-15-6-10-20-35(29)46/h1-24H. The van der Waals surface area contributed by atoms with Gasteiger partial charge in [-0.05, 0) is 42.5 Å². The van der Waals surface area contributed by atoms with Gasteiger partial charge < -0.3 is 4.57 Å². The lowest BCUT2D eigenvalue weighted by molar-refractivity contribution is 0.951. The lowest BCUT2D eigenvalue weighted by Crippen LogP contribution is -2.07. The van der Waals surface area contributed by atoms with Crippen LogP contribution in [-0.4, -0.2) is 24.1 Å². The molecule has 0 N–H and O–H groups in total. The van der Waals surface area contributed by atoms with E-state index in [1.165, 1.54) is 0 Å². The fraction of sp³-hybridized carbons (Fsp3) is 0. The molecular weight excluding hydrogens is 564 g/mol. The highest BCUT2D eigenvalue weighted by atomic mass is 15.2. The van der Waals surface area contributed by atoms with E-state index in [2.05, 4.69) is 75.9 Å². The molecule has 46 heavy (non-hydrogen) atoms. The lowest BCUT2D eigenvalue weighted by Gasteiger charge is -2.15. The Bertz CT molecular complexity index is 2600. The van der Waals surface area contributed by atoms with Crippen molar-refractivity contribution in [2.75, 3.05) is 0 Å². The molecule has 6 aromatic carbocycles. The van der Waals surface area contributed by atoms with Gasteiger partial charge in [0.25, 0.3) is 0 Å². The number of nitrogens with zero attached hydrogens (tertiary/aromatic N) is 6. The van der Waals surface area contributed by atoms with E-state index in [-0.39, 0.29) is 0 Å². The van der Waals surface area contributed by atoms with Crippen molar-refractivity contribution in [3.05, 3.63) is 151 Å². The first-order valence-electron chi connectivity index (χ1n) is 15.1. The van der Waals surface area contributed by atoms with E-state index < -0.39 is 0 Å². The summed E-state index contributed by atoms with van der Waals surface area (Å²) in [4.78, 5) is 15.4. The van der Waals surface area contributed by atoms with Gasteiger partial charge in [-0.15, -0.1) is 0 Å². The maximum absolute atomic E-state index is 9.79. The van der Waals surface area contributed by atoms with E-state index in [9.17, 15) is 5.26 Å². The monoisotopic (exact) mass is 588 g/mol. The number of rotatable bonds is 4. The van der Waals surface area contributed by atoms with Crippen LogP contribution < -0.4 is 0 Å². The maximum atomic E-state index is 9.79. The predicted octanol–water partition coefficient (Wildman–Crippen LogP) is 9.27. The van der Waals surface area contributed by atoms with E-state index in [0.717, 1.165) is 60.4 Å². The predicted molar refractivity (Wildman–Crippen MR) is 184 cm³/mol. The van der Waals surface area contributed by atoms with Crippen molar-refractivity contribution >= 4 is 43.6 Å². The number of nitriles is 1. The van der Waals surface area contributed by atoms with Crippen LogP contribution in [0.15, 0.2) is 146 Å². The molecule has 214 valence electrons. The summed E-state index contributed by atoms with van der Waals surface area (Å²) in [6.07, 6.45) is 0. The van der Waals surface area contributed by atoms with Crippen LogP contribution in [0.3, 0.4) is 0 Å². The smallest absolute Gasteiger partial charge is 0.238 e. The topological polar surface area (TPSA) is 72.3 Å².